The Balaban J connectivity index is 1.56. The van der Waals surface area contributed by atoms with Crippen LogP contribution in [0.25, 0.3) is 0 Å². The van der Waals surface area contributed by atoms with E-state index in [4.69, 9.17) is 4.74 Å². The molecule has 2 heterocycles. The van der Waals surface area contributed by atoms with Crippen molar-refractivity contribution in [2.24, 2.45) is 5.92 Å². The van der Waals surface area contributed by atoms with Crippen LogP contribution in [0.3, 0.4) is 0 Å². The molecule has 0 bridgehead atoms. The Bertz CT molecular complexity index is 569. The average Bonchev–Trinajstić information content (AvgIpc) is 2.95. The summed E-state index contributed by atoms with van der Waals surface area (Å²) in [6.45, 7) is 11.0. The molecule has 24 heavy (non-hydrogen) atoms. The standard InChI is InChI=1S/C19H29N3O2/c1-15-12-20(13-17-5-4-6-18(11-17)24-3)14-19(15)22-9-7-21(8-10-22)16(2)23/h4-6,11,15,19H,7-10,12-14H2,1-3H3. The topological polar surface area (TPSA) is 36.0 Å². The van der Waals surface area contributed by atoms with Gasteiger partial charge in [0.1, 0.15) is 5.75 Å². The minimum Gasteiger partial charge on any atom is -0.497 e. The Kier molecular flexibility index (Phi) is 5.41. The quantitative estimate of drug-likeness (QED) is 0.841. The summed E-state index contributed by atoms with van der Waals surface area (Å²) in [6, 6.07) is 8.96. The fourth-order valence-corrected chi connectivity index (χ4v) is 4.05. The van der Waals surface area contributed by atoms with Crippen LogP contribution in [0.2, 0.25) is 0 Å². The summed E-state index contributed by atoms with van der Waals surface area (Å²) >= 11 is 0. The van der Waals surface area contributed by atoms with Crippen molar-refractivity contribution in [1.29, 1.82) is 0 Å². The third-order valence-corrected chi connectivity index (χ3v) is 5.42. The molecule has 0 spiro atoms. The van der Waals surface area contributed by atoms with Crippen molar-refractivity contribution in [3.63, 3.8) is 0 Å². The number of benzene rings is 1. The number of methoxy groups -OCH3 is 1. The molecule has 0 saturated carbocycles. The fourth-order valence-electron chi connectivity index (χ4n) is 4.05. The molecular formula is C19H29N3O2. The van der Waals surface area contributed by atoms with Crippen LogP contribution in [0.4, 0.5) is 0 Å². The Hall–Kier alpha value is -1.59. The van der Waals surface area contributed by atoms with Crippen LogP contribution in [0.15, 0.2) is 24.3 Å². The zero-order valence-electron chi connectivity index (χ0n) is 15.1. The van der Waals surface area contributed by atoms with Crippen LogP contribution in [0, 0.1) is 5.92 Å². The Morgan fingerprint density at radius 1 is 1.21 bits per heavy atom. The lowest BCUT2D eigenvalue weighted by molar-refractivity contribution is -0.130. The van der Waals surface area contributed by atoms with Crippen LogP contribution in [0.5, 0.6) is 5.75 Å². The molecule has 0 aliphatic carbocycles. The number of carbonyl (C=O) groups is 1. The number of hydrogen-bond donors (Lipinski definition) is 0. The van der Waals surface area contributed by atoms with Gasteiger partial charge in [-0.25, -0.2) is 0 Å². The highest BCUT2D eigenvalue weighted by Crippen LogP contribution is 2.25. The van der Waals surface area contributed by atoms with Crippen LogP contribution >= 0.6 is 0 Å². The van der Waals surface area contributed by atoms with Gasteiger partial charge >= 0.3 is 0 Å². The molecule has 2 aliphatic heterocycles. The lowest BCUT2D eigenvalue weighted by atomic mass is 10.0. The van der Waals surface area contributed by atoms with Crippen molar-refractivity contribution in [2.45, 2.75) is 26.4 Å². The molecule has 2 saturated heterocycles. The molecule has 2 fully saturated rings. The highest BCUT2D eigenvalue weighted by atomic mass is 16.5. The molecule has 132 valence electrons. The van der Waals surface area contributed by atoms with E-state index in [2.05, 4.69) is 34.9 Å². The van der Waals surface area contributed by atoms with Gasteiger partial charge in [-0.15, -0.1) is 0 Å². The lowest BCUT2D eigenvalue weighted by Gasteiger charge is -2.39. The number of piperazine rings is 1. The summed E-state index contributed by atoms with van der Waals surface area (Å²) in [5, 5.41) is 0. The molecule has 1 amide bonds. The van der Waals surface area contributed by atoms with Crippen molar-refractivity contribution in [3.05, 3.63) is 29.8 Å². The predicted molar refractivity (Wildman–Crippen MR) is 95.1 cm³/mol. The maximum atomic E-state index is 11.5. The lowest BCUT2D eigenvalue weighted by Crippen LogP contribution is -2.53. The first kappa shape index (κ1) is 17.2. The number of hydrogen-bond acceptors (Lipinski definition) is 4. The summed E-state index contributed by atoms with van der Waals surface area (Å²) in [5.41, 5.74) is 1.31. The molecule has 5 nitrogen and oxygen atoms in total. The number of rotatable bonds is 4. The van der Waals surface area contributed by atoms with Gasteiger partial charge in [0.2, 0.25) is 5.91 Å². The Morgan fingerprint density at radius 3 is 2.62 bits per heavy atom. The fraction of sp³-hybridized carbons (Fsp3) is 0.632. The summed E-state index contributed by atoms with van der Waals surface area (Å²) in [5.74, 6) is 1.80. The van der Waals surface area contributed by atoms with Gasteiger partial charge in [0.15, 0.2) is 0 Å². The van der Waals surface area contributed by atoms with Gasteiger partial charge in [0.05, 0.1) is 7.11 Å². The molecule has 5 heteroatoms. The smallest absolute Gasteiger partial charge is 0.219 e. The predicted octanol–water partition coefficient (Wildman–Crippen LogP) is 1.68. The number of carbonyl (C=O) groups excluding carboxylic acids is 1. The van der Waals surface area contributed by atoms with Crippen molar-refractivity contribution in [1.82, 2.24) is 14.7 Å². The van der Waals surface area contributed by atoms with E-state index in [1.807, 2.05) is 11.0 Å². The van der Waals surface area contributed by atoms with Gasteiger partial charge in [-0.05, 0) is 23.6 Å². The second-order valence-electron chi connectivity index (χ2n) is 7.13. The van der Waals surface area contributed by atoms with Crippen molar-refractivity contribution < 1.29 is 9.53 Å². The first-order chi connectivity index (χ1) is 11.6. The monoisotopic (exact) mass is 331 g/mol. The van der Waals surface area contributed by atoms with Crippen molar-refractivity contribution >= 4 is 5.91 Å². The van der Waals surface area contributed by atoms with Crippen LogP contribution in [-0.2, 0) is 11.3 Å². The molecule has 2 unspecified atom stereocenters. The third-order valence-electron chi connectivity index (χ3n) is 5.42. The van der Waals surface area contributed by atoms with E-state index in [0.29, 0.717) is 12.0 Å². The molecule has 0 aromatic heterocycles. The second kappa shape index (κ2) is 7.53. The van der Waals surface area contributed by atoms with E-state index in [0.717, 1.165) is 51.6 Å². The number of nitrogens with zero attached hydrogens (tertiary/aromatic N) is 3. The zero-order valence-corrected chi connectivity index (χ0v) is 15.1. The largest absolute Gasteiger partial charge is 0.497 e. The maximum Gasteiger partial charge on any atom is 0.219 e. The normalized spacial score (nSPS) is 25.9. The molecular weight excluding hydrogens is 302 g/mol. The maximum absolute atomic E-state index is 11.5. The highest BCUT2D eigenvalue weighted by Gasteiger charge is 2.35. The van der Waals surface area contributed by atoms with Gasteiger partial charge in [0.25, 0.3) is 0 Å². The molecule has 2 atom stereocenters. The zero-order chi connectivity index (χ0) is 17.1. The summed E-state index contributed by atoms with van der Waals surface area (Å²) in [4.78, 5) is 18.6. The molecule has 1 aromatic carbocycles. The second-order valence-corrected chi connectivity index (χ2v) is 7.13. The molecule has 0 radical (unpaired) electrons. The van der Waals surface area contributed by atoms with Gasteiger partial charge in [0, 0.05) is 58.8 Å². The SMILES string of the molecule is COc1cccc(CN2CC(C)C(N3CCN(C(C)=O)CC3)C2)c1. The van der Waals surface area contributed by atoms with Gasteiger partial charge in [-0.3, -0.25) is 14.6 Å². The van der Waals surface area contributed by atoms with Crippen molar-refractivity contribution in [3.8, 4) is 5.75 Å². The summed E-state index contributed by atoms with van der Waals surface area (Å²) in [6.07, 6.45) is 0. The highest BCUT2D eigenvalue weighted by molar-refractivity contribution is 5.73. The summed E-state index contributed by atoms with van der Waals surface area (Å²) in [7, 11) is 1.72. The molecule has 0 N–H and O–H groups in total. The minimum atomic E-state index is 0.203. The number of likely N-dealkylation sites (tertiary alicyclic amines) is 1. The van der Waals surface area contributed by atoms with Crippen molar-refractivity contribution in [2.75, 3.05) is 46.4 Å². The van der Waals surface area contributed by atoms with E-state index in [1.165, 1.54) is 5.56 Å². The number of ether oxygens (including phenoxy) is 1. The Labute approximate surface area is 145 Å². The van der Waals surface area contributed by atoms with E-state index in [-0.39, 0.29) is 5.91 Å². The Morgan fingerprint density at radius 2 is 1.96 bits per heavy atom. The van der Waals surface area contributed by atoms with E-state index < -0.39 is 0 Å². The molecule has 1 aromatic rings. The minimum absolute atomic E-state index is 0.203. The third kappa shape index (κ3) is 3.90. The van der Waals surface area contributed by atoms with Gasteiger partial charge in [-0.1, -0.05) is 19.1 Å². The number of amides is 1. The molecule has 2 aliphatic rings. The van der Waals surface area contributed by atoms with E-state index in [1.54, 1.807) is 14.0 Å². The summed E-state index contributed by atoms with van der Waals surface area (Å²) < 4.78 is 5.33. The van der Waals surface area contributed by atoms with Crippen LogP contribution in [-0.4, -0.2) is 73.0 Å². The van der Waals surface area contributed by atoms with Crippen LogP contribution < -0.4 is 4.74 Å². The first-order valence-electron chi connectivity index (χ1n) is 8.91. The van der Waals surface area contributed by atoms with Gasteiger partial charge < -0.3 is 9.64 Å². The van der Waals surface area contributed by atoms with Gasteiger partial charge in [-0.2, -0.15) is 0 Å². The first-order valence-corrected chi connectivity index (χ1v) is 8.91. The van der Waals surface area contributed by atoms with E-state index in [9.17, 15) is 4.79 Å². The molecule has 3 rings (SSSR count). The van der Waals surface area contributed by atoms with Crippen LogP contribution in [0.1, 0.15) is 19.4 Å². The van der Waals surface area contributed by atoms with E-state index >= 15 is 0 Å². The average molecular weight is 331 g/mol.